The molecule has 0 fully saturated rings. The molecule has 0 atom stereocenters. The molecule has 1 aromatic carbocycles. The second kappa shape index (κ2) is 5.34. The fourth-order valence-electron chi connectivity index (χ4n) is 1.52. The number of ketones is 1. The van der Waals surface area contributed by atoms with E-state index in [1.165, 1.54) is 6.92 Å². The van der Waals surface area contributed by atoms with Crippen molar-refractivity contribution in [2.24, 2.45) is 0 Å². The number of nitrogens with zero attached hydrogens (tertiary/aromatic N) is 1. The van der Waals surface area contributed by atoms with Gasteiger partial charge in [-0.25, -0.2) is 9.78 Å². The van der Waals surface area contributed by atoms with Gasteiger partial charge in [0.15, 0.2) is 5.78 Å². The van der Waals surface area contributed by atoms with E-state index in [9.17, 15) is 9.59 Å². The van der Waals surface area contributed by atoms with Crippen molar-refractivity contribution in [3.8, 4) is 0 Å². The van der Waals surface area contributed by atoms with E-state index in [1.54, 1.807) is 24.3 Å². The number of benzene rings is 1. The Kier molecular flexibility index (Phi) is 3.61. The third-order valence-electron chi connectivity index (χ3n) is 2.48. The van der Waals surface area contributed by atoms with Crippen molar-refractivity contribution in [3.05, 3.63) is 47.7 Å². The molecule has 19 heavy (non-hydrogen) atoms. The van der Waals surface area contributed by atoms with Gasteiger partial charge in [-0.15, -0.1) is 0 Å². The number of carboxylic acid groups (broad SMARTS) is 1. The minimum atomic E-state index is -1.16. The van der Waals surface area contributed by atoms with Crippen LogP contribution in [0, 0.1) is 0 Å². The summed E-state index contributed by atoms with van der Waals surface area (Å²) in [5.74, 6) is -1.11. The Labute approximate surface area is 109 Å². The minimum Gasteiger partial charge on any atom is -0.475 e. The van der Waals surface area contributed by atoms with Crippen molar-refractivity contribution in [3.63, 3.8) is 0 Å². The van der Waals surface area contributed by atoms with Gasteiger partial charge in [0.25, 0.3) is 0 Å². The molecule has 0 amide bonds. The van der Waals surface area contributed by atoms with Gasteiger partial charge >= 0.3 is 5.97 Å². The summed E-state index contributed by atoms with van der Waals surface area (Å²) < 4.78 is 5.00. The van der Waals surface area contributed by atoms with E-state index in [2.05, 4.69) is 10.3 Å². The molecular formula is C13H12N2O4. The van der Waals surface area contributed by atoms with Crippen molar-refractivity contribution < 1.29 is 19.1 Å². The lowest BCUT2D eigenvalue weighted by Crippen LogP contribution is -2.01. The number of Topliss-reactive ketones (excluding diaryl/α,β-unsaturated/α-hetero) is 1. The lowest BCUT2D eigenvalue weighted by molar-refractivity contribution is 0.0660. The average Bonchev–Trinajstić information content (AvgIpc) is 2.85. The summed E-state index contributed by atoms with van der Waals surface area (Å²) in [5, 5.41) is 11.7. The number of oxazole rings is 1. The highest BCUT2D eigenvalue weighted by atomic mass is 16.4. The maximum absolute atomic E-state index is 11.2. The van der Waals surface area contributed by atoms with Crippen LogP contribution in [0.1, 0.15) is 33.7 Å². The quantitative estimate of drug-likeness (QED) is 0.800. The van der Waals surface area contributed by atoms with Crippen LogP contribution in [0.3, 0.4) is 0 Å². The summed E-state index contributed by atoms with van der Waals surface area (Å²) in [4.78, 5) is 25.7. The first-order valence-electron chi connectivity index (χ1n) is 5.59. The van der Waals surface area contributed by atoms with Gasteiger partial charge in [0.05, 0.1) is 12.7 Å². The first kappa shape index (κ1) is 12.8. The van der Waals surface area contributed by atoms with Gasteiger partial charge in [0.2, 0.25) is 11.7 Å². The van der Waals surface area contributed by atoms with Crippen LogP contribution in [0.2, 0.25) is 0 Å². The summed E-state index contributed by atoms with van der Waals surface area (Å²) in [6.07, 6.45) is 1.16. The van der Waals surface area contributed by atoms with Crippen molar-refractivity contribution >= 4 is 17.4 Å². The number of aromatic nitrogens is 1. The number of carbonyl (C=O) groups is 2. The maximum Gasteiger partial charge on any atom is 0.373 e. The highest BCUT2D eigenvalue weighted by molar-refractivity contribution is 5.94. The fraction of sp³-hybridized carbons (Fsp3) is 0.154. The molecule has 0 spiro atoms. The lowest BCUT2D eigenvalue weighted by Gasteiger charge is -2.04. The number of carbonyl (C=O) groups excluding carboxylic acids is 1. The maximum atomic E-state index is 11.2. The molecule has 2 N–H and O–H groups in total. The molecule has 6 nitrogen and oxygen atoms in total. The van der Waals surface area contributed by atoms with E-state index in [0.29, 0.717) is 5.56 Å². The second-order valence-corrected chi connectivity index (χ2v) is 3.91. The summed E-state index contributed by atoms with van der Waals surface area (Å²) >= 11 is 0. The van der Waals surface area contributed by atoms with Crippen LogP contribution in [-0.2, 0) is 6.54 Å². The zero-order chi connectivity index (χ0) is 13.8. The SMILES string of the molecule is CC(=O)c1cccc(NCc2ncc(C(=O)O)o2)c1. The molecule has 0 saturated carbocycles. The fourth-order valence-corrected chi connectivity index (χ4v) is 1.52. The van der Waals surface area contributed by atoms with Gasteiger partial charge in [0, 0.05) is 11.3 Å². The molecule has 0 aliphatic carbocycles. The smallest absolute Gasteiger partial charge is 0.373 e. The largest absolute Gasteiger partial charge is 0.475 e. The standard InChI is InChI=1S/C13H12N2O4/c1-8(16)9-3-2-4-10(5-9)14-7-12-15-6-11(19-12)13(17)18/h2-6,14H,7H2,1H3,(H,17,18). The summed E-state index contributed by atoms with van der Waals surface area (Å²) in [6, 6.07) is 7.00. The van der Waals surface area contributed by atoms with Crippen LogP contribution in [0.15, 0.2) is 34.9 Å². The Morgan fingerprint density at radius 3 is 2.84 bits per heavy atom. The first-order chi connectivity index (χ1) is 9.06. The first-order valence-corrected chi connectivity index (χ1v) is 5.59. The van der Waals surface area contributed by atoms with E-state index < -0.39 is 5.97 Å². The molecule has 1 heterocycles. The molecule has 0 unspecified atom stereocenters. The van der Waals surface area contributed by atoms with Crippen LogP contribution in [0.4, 0.5) is 5.69 Å². The van der Waals surface area contributed by atoms with Crippen LogP contribution >= 0.6 is 0 Å². The van der Waals surface area contributed by atoms with E-state index in [1.807, 2.05) is 0 Å². The molecular weight excluding hydrogens is 248 g/mol. The summed E-state index contributed by atoms with van der Waals surface area (Å²) in [5.41, 5.74) is 1.34. The Bertz CT molecular complexity index is 619. The number of hydrogen-bond acceptors (Lipinski definition) is 5. The molecule has 2 aromatic rings. The lowest BCUT2D eigenvalue weighted by atomic mass is 10.1. The van der Waals surface area contributed by atoms with E-state index >= 15 is 0 Å². The average molecular weight is 260 g/mol. The normalized spacial score (nSPS) is 10.2. The highest BCUT2D eigenvalue weighted by Crippen LogP contribution is 2.13. The molecule has 98 valence electrons. The summed E-state index contributed by atoms with van der Waals surface area (Å²) in [7, 11) is 0. The van der Waals surface area contributed by atoms with Crippen LogP contribution in [0.5, 0.6) is 0 Å². The highest BCUT2D eigenvalue weighted by Gasteiger charge is 2.10. The van der Waals surface area contributed by atoms with Gasteiger partial charge in [-0.2, -0.15) is 0 Å². The Hall–Kier alpha value is -2.63. The molecule has 6 heteroatoms. The zero-order valence-corrected chi connectivity index (χ0v) is 10.2. The van der Waals surface area contributed by atoms with Crippen molar-refractivity contribution in [2.45, 2.75) is 13.5 Å². The number of carboxylic acids is 1. The van der Waals surface area contributed by atoms with Crippen molar-refractivity contribution in [2.75, 3.05) is 5.32 Å². The molecule has 0 aliphatic heterocycles. The predicted molar refractivity (Wildman–Crippen MR) is 67.2 cm³/mol. The third-order valence-corrected chi connectivity index (χ3v) is 2.48. The van der Waals surface area contributed by atoms with E-state index in [0.717, 1.165) is 11.9 Å². The topological polar surface area (TPSA) is 92.4 Å². The third kappa shape index (κ3) is 3.19. The van der Waals surface area contributed by atoms with Gasteiger partial charge in [0.1, 0.15) is 0 Å². The second-order valence-electron chi connectivity index (χ2n) is 3.91. The zero-order valence-electron chi connectivity index (χ0n) is 10.2. The number of anilines is 1. The van der Waals surface area contributed by atoms with Crippen LogP contribution in [0.25, 0.3) is 0 Å². The number of aromatic carboxylic acids is 1. The van der Waals surface area contributed by atoms with E-state index in [-0.39, 0.29) is 24.0 Å². The van der Waals surface area contributed by atoms with Gasteiger partial charge in [-0.3, -0.25) is 4.79 Å². The molecule has 1 aromatic heterocycles. The van der Waals surface area contributed by atoms with Crippen molar-refractivity contribution in [1.29, 1.82) is 0 Å². The molecule has 0 saturated heterocycles. The number of hydrogen-bond donors (Lipinski definition) is 2. The van der Waals surface area contributed by atoms with E-state index in [4.69, 9.17) is 9.52 Å². The van der Waals surface area contributed by atoms with Gasteiger partial charge in [-0.05, 0) is 19.1 Å². The van der Waals surface area contributed by atoms with Gasteiger partial charge < -0.3 is 14.8 Å². The van der Waals surface area contributed by atoms with Gasteiger partial charge in [-0.1, -0.05) is 12.1 Å². The predicted octanol–water partition coefficient (Wildman–Crippen LogP) is 2.19. The Balaban J connectivity index is 2.03. The monoisotopic (exact) mass is 260 g/mol. The molecule has 0 bridgehead atoms. The molecule has 0 aliphatic rings. The van der Waals surface area contributed by atoms with Crippen molar-refractivity contribution in [1.82, 2.24) is 4.98 Å². The molecule has 2 rings (SSSR count). The number of rotatable bonds is 5. The van der Waals surface area contributed by atoms with Crippen LogP contribution < -0.4 is 5.32 Å². The minimum absolute atomic E-state index is 0.0204. The molecule has 0 radical (unpaired) electrons. The Morgan fingerprint density at radius 1 is 1.42 bits per heavy atom. The van der Waals surface area contributed by atoms with Crippen LogP contribution in [-0.4, -0.2) is 21.8 Å². The Morgan fingerprint density at radius 2 is 2.21 bits per heavy atom. The number of nitrogens with one attached hydrogen (secondary N) is 1. The summed E-state index contributed by atoms with van der Waals surface area (Å²) in [6.45, 7) is 1.74.